The summed E-state index contributed by atoms with van der Waals surface area (Å²) in [5.41, 5.74) is -4.65. The van der Waals surface area contributed by atoms with Crippen molar-refractivity contribution < 1.29 is 39.3 Å². The molecule has 0 aliphatic heterocycles. The molecule has 0 fully saturated rings. The number of benzene rings is 2. The maximum Gasteiger partial charge on any atom is 0.485 e. The highest BCUT2D eigenvalue weighted by Gasteiger charge is 2.37. The monoisotopic (exact) mass is 444 g/mol. The minimum Gasteiger partial charge on any atom is -0.741 e. The molecule has 0 bridgehead atoms. The van der Waals surface area contributed by atoms with Gasteiger partial charge in [-0.15, -0.1) is 0 Å². The van der Waals surface area contributed by atoms with Crippen LogP contribution in [0.15, 0.2) is 75.9 Å². The number of aryl methyl sites for hydroxylation is 1. The normalized spacial score (nSPS) is 13.7. The summed E-state index contributed by atoms with van der Waals surface area (Å²) in [6.45, 7) is 1.92. The van der Waals surface area contributed by atoms with Crippen molar-refractivity contribution in [3.63, 3.8) is 0 Å². The molecule has 1 atom stereocenters. The molecule has 154 valence electrons. The van der Waals surface area contributed by atoms with Crippen LogP contribution >= 0.6 is 0 Å². The third kappa shape index (κ3) is 7.95. The van der Waals surface area contributed by atoms with Crippen LogP contribution in [0.1, 0.15) is 5.56 Å². The number of alkyl halides is 6. The first kappa shape index (κ1) is 24.1. The van der Waals surface area contributed by atoms with Crippen LogP contribution in [0, 0.1) is 6.92 Å². The van der Waals surface area contributed by atoms with Gasteiger partial charge >= 0.3 is 11.7 Å². The van der Waals surface area contributed by atoms with Crippen LogP contribution in [-0.2, 0) is 21.0 Å². The van der Waals surface area contributed by atoms with E-state index in [1.807, 2.05) is 61.5 Å². The molecule has 1 unspecified atom stereocenters. The SMILES string of the molecule is Cc1ccccc1[S+](C=CC(F)(F)F)c1ccccc1.O=S(=O)([O-])C(F)(F)F. The molecule has 2 aromatic rings. The van der Waals surface area contributed by atoms with Gasteiger partial charge < -0.3 is 4.55 Å². The lowest BCUT2D eigenvalue weighted by molar-refractivity contribution is -0.0796. The standard InChI is InChI=1S/C16H14F3S.CHF3O3S/c1-13-7-5-6-10-15(13)20(12-11-16(17,18)19)14-8-3-2-4-9-14;2-1(3,4)8(5,6)7/h2-12H,1H3;(H,5,6,7)/q+1;/p-1. The van der Waals surface area contributed by atoms with E-state index in [-0.39, 0.29) is 0 Å². The van der Waals surface area contributed by atoms with E-state index in [0.29, 0.717) is 6.08 Å². The van der Waals surface area contributed by atoms with Gasteiger partial charge in [-0.3, -0.25) is 0 Å². The second-order valence-electron chi connectivity index (χ2n) is 5.16. The molecular weight excluding hydrogens is 430 g/mol. The molecule has 0 saturated carbocycles. The summed E-state index contributed by atoms with van der Waals surface area (Å²) in [5, 5.41) is 1.25. The molecular formula is C17H14F6O3S2. The van der Waals surface area contributed by atoms with Gasteiger partial charge in [0.15, 0.2) is 19.9 Å². The van der Waals surface area contributed by atoms with Crippen LogP contribution in [-0.4, -0.2) is 24.7 Å². The average Bonchev–Trinajstić information content (AvgIpc) is 2.55. The number of hydrogen-bond acceptors (Lipinski definition) is 3. The number of rotatable bonds is 3. The Morgan fingerprint density at radius 2 is 1.36 bits per heavy atom. The fourth-order valence-corrected chi connectivity index (χ4v) is 3.73. The Morgan fingerprint density at radius 3 is 1.79 bits per heavy atom. The van der Waals surface area contributed by atoms with Crippen molar-refractivity contribution in [2.75, 3.05) is 0 Å². The summed E-state index contributed by atoms with van der Waals surface area (Å²) in [7, 11) is -6.80. The van der Waals surface area contributed by atoms with Crippen LogP contribution < -0.4 is 0 Å². The van der Waals surface area contributed by atoms with Crippen molar-refractivity contribution in [3.05, 3.63) is 71.6 Å². The highest BCUT2D eigenvalue weighted by molar-refractivity contribution is 7.99. The summed E-state index contributed by atoms with van der Waals surface area (Å²) in [4.78, 5) is 1.79. The van der Waals surface area contributed by atoms with Crippen LogP contribution in [0.4, 0.5) is 26.3 Å². The fourth-order valence-electron chi connectivity index (χ4n) is 1.79. The minimum absolute atomic E-state index is 0.329. The maximum absolute atomic E-state index is 12.5. The van der Waals surface area contributed by atoms with Crippen LogP contribution in [0.25, 0.3) is 0 Å². The number of allylic oxidation sites excluding steroid dienone is 1. The van der Waals surface area contributed by atoms with Gasteiger partial charge in [-0.1, -0.05) is 36.4 Å². The number of halogens is 6. The van der Waals surface area contributed by atoms with Gasteiger partial charge in [-0.25, -0.2) is 8.42 Å². The third-order valence-corrected chi connectivity index (χ3v) is 5.69. The van der Waals surface area contributed by atoms with E-state index in [9.17, 15) is 26.3 Å². The highest BCUT2D eigenvalue weighted by Crippen LogP contribution is 2.29. The van der Waals surface area contributed by atoms with Crippen molar-refractivity contribution in [3.8, 4) is 0 Å². The molecule has 3 nitrogen and oxygen atoms in total. The van der Waals surface area contributed by atoms with E-state index < -0.39 is 32.7 Å². The summed E-state index contributed by atoms with van der Waals surface area (Å²) in [6, 6.07) is 16.8. The first-order valence-electron chi connectivity index (χ1n) is 7.34. The summed E-state index contributed by atoms with van der Waals surface area (Å²) < 4.78 is 96.3. The number of hydrogen-bond donors (Lipinski definition) is 0. The zero-order valence-corrected chi connectivity index (χ0v) is 15.8. The smallest absolute Gasteiger partial charge is 0.485 e. The lowest BCUT2D eigenvalue weighted by Gasteiger charge is -2.08. The van der Waals surface area contributed by atoms with E-state index in [0.717, 1.165) is 15.4 Å². The Kier molecular flexibility index (Phi) is 8.15. The van der Waals surface area contributed by atoms with E-state index in [1.165, 1.54) is 5.41 Å². The molecule has 0 radical (unpaired) electrons. The second-order valence-corrected chi connectivity index (χ2v) is 8.39. The summed E-state index contributed by atoms with van der Waals surface area (Å²) in [6.07, 6.45) is -3.96. The third-order valence-electron chi connectivity index (χ3n) is 3.00. The van der Waals surface area contributed by atoms with Gasteiger partial charge in [0.05, 0.1) is 17.0 Å². The van der Waals surface area contributed by atoms with Crippen LogP contribution in [0.2, 0.25) is 0 Å². The topological polar surface area (TPSA) is 57.2 Å². The van der Waals surface area contributed by atoms with Gasteiger partial charge in [0.1, 0.15) is 5.41 Å². The molecule has 0 heterocycles. The van der Waals surface area contributed by atoms with Crippen molar-refractivity contribution in [1.82, 2.24) is 0 Å². The molecule has 28 heavy (non-hydrogen) atoms. The van der Waals surface area contributed by atoms with Gasteiger partial charge in [0.25, 0.3) is 0 Å². The van der Waals surface area contributed by atoms with E-state index in [4.69, 9.17) is 13.0 Å². The second kappa shape index (κ2) is 9.48. The Morgan fingerprint density at radius 1 is 0.893 bits per heavy atom. The van der Waals surface area contributed by atoms with Crippen molar-refractivity contribution in [2.24, 2.45) is 0 Å². The fraction of sp³-hybridized carbons (Fsp3) is 0.176. The Labute approximate surface area is 160 Å². The van der Waals surface area contributed by atoms with Crippen molar-refractivity contribution >= 4 is 21.0 Å². The van der Waals surface area contributed by atoms with Gasteiger partial charge in [0.2, 0.25) is 0 Å². The van der Waals surface area contributed by atoms with E-state index >= 15 is 0 Å². The lowest BCUT2D eigenvalue weighted by atomic mass is 10.2. The molecule has 2 aromatic carbocycles. The van der Waals surface area contributed by atoms with Crippen molar-refractivity contribution in [1.29, 1.82) is 0 Å². The van der Waals surface area contributed by atoms with Gasteiger partial charge in [0, 0.05) is 5.56 Å². The maximum atomic E-state index is 12.5. The molecule has 0 saturated heterocycles. The molecule has 0 N–H and O–H groups in total. The zero-order valence-electron chi connectivity index (χ0n) is 14.2. The molecule has 0 amide bonds. The molecule has 11 heteroatoms. The highest BCUT2D eigenvalue weighted by atomic mass is 32.2. The van der Waals surface area contributed by atoms with Crippen molar-refractivity contribution in [2.45, 2.75) is 28.4 Å². The first-order valence-corrected chi connectivity index (χ1v) is 10.0. The minimum atomic E-state index is -6.09. The predicted molar refractivity (Wildman–Crippen MR) is 92.5 cm³/mol. The lowest BCUT2D eigenvalue weighted by Crippen LogP contribution is -2.21. The molecule has 2 rings (SSSR count). The molecule has 0 aliphatic rings. The quantitative estimate of drug-likeness (QED) is 0.285. The van der Waals surface area contributed by atoms with Crippen LogP contribution in [0.5, 0.6) is 0 Å². The summed E-state index contributed by atoms with van der Waals surface area (Å²) >= 11 is 0. The zero-order chi connectivity index (χ0) is 21.6. The molecule has 0 spiro atoms. The van der Waals surface area contributed by atoms with E-state index in [1.54, 1.807) is 0 Å². The Bertz CT molecular complexity index is 891. The van der Waals surface area contributed by atoms with Gasteiger partial charge in [-0.2, -0.15) is 26.3 Å². The van der Waals surface area contributed by atoms with E-state index in [2.05, 4.69) is 0 Å². The molecule has 0 aliphatic carbocycles. The largest absolute Gasteiger partial charge is 0.741 e. The van der Waals surface area contributed by atoms with Gasteiger partial charge in [-0.05, 0) is 25.1 Å². The Balaban J connectivity index is 0.000000416. The Hall–Kier alpha value is -1.98. The first-order chi connectivity index (χ1) is 12.7. The average molecular weight is 444 g/mol. The predicted octanol–water partition coefficient (Wildman–Crippen LogP) is 5.16. The van der Waals surface area contributed by atoms with Crippen LogP contribution in [0.3, 0.4) is 0 Å². The molecule has 0 aromatic heterocycles. The summed E-state index contributed by atoms with van der Waals surface area (Å²) in [5.74, 6) is 0.